The van der Waals surface area contributed by atoms with Gasteiger partial charge in [0.05, 0.1) is 4.90 Å². The minimum Gasteiger partial charge on any atom is -0.316 e. The zero-order chi connectivity index (χ0) is 15.6. The van der Waals surface area contributed by atoms with Gasteiger partial charge in [-0.1, -0.05) is 18.2 Å². The Balaban J connectivity index is 0.00000192. The van der Waals surface area contributed by atoms with Gasteiger partial charge < -0.3 is 5.32 Å². The Labute approximate surface area is 143 Å². The summed E-state index contributed by atoms with van der Waals surface area (Å²) in [5.74, 6) is 0. The molecule has 0 radical (unpaired) electrons. The molecule has 0 aliphatic carbocycles. The highest BCUT2D eigenvalue weighted by atomic mass is 35.5. The molecule has 6 heteroatoms. The largest absolute Gasteiger partial charge is 0.316 e. The van der Waals surface area contributed by atoms with Crippen LogP contribution in [0.5, 0.6) is 0 Å². The summed E-state index contributed by atoms with van der Waals surface area (Å²) >= 11 is 0. The number of benzene rings is 2. The molecule has 0 bridgehead atoms. The number of rotatable bonds is 3. The molecule has 0 aromatic heterocycles. The van der Waals surface area contributed by atoms with Crippen molar-refractivity contribution in [3.8, 4) is 0 Å². The van der Waals surface area contributed by atoms with Crippen LogP contribution in [0.2, 0.25) is 0 Å². The van der Waals surface area contributed by atoms with Crippen molar-refractivity contribution in [2.75, 3.05) is 17.8 Å². The highest BCUT2D eigenvalue weighted by Gasteiger charge is 2.15. The molecular weight excluding hydrogens is 332 g/mol. The van der Waals surface area contributed by atoms with Crippen molar-refractivity contribution in [1.29, 1.82) is 0 Å². The molecule has 2 aromatic carbocycles. The second-order valence-electron chi connectivity index (χ2n) is 5.66. The van der Waals surface area contributed by atoms with Gasteiger partial charge in [-0.3, -0.25) is 4.72 Å². The number of hydrogen-bond acceptors (Lipinski definition) is 3. The summed E-state index contributed by atoms with van der Waals surface area (Å²) in [6, 6.07) is 12.8. The number of sulfonamides is 1. The van der Waals surface area contributed by atoms with Gasteiger partial charge in [-0.25, -0.2) is 8.42 Å². The molecular formula is C17H21ClN2O2S. The molecule has 124 valence electrons. The van der Waals surface area contributed by atoms with Crippen molar-refractivity contribution in [2.24, 2.45) is 0 Å². The molecule has 1 aliphatic heterocycles. The van der Waals surface area contributed by atoms with E-state index in [2.05, 4.69) is 10.0 Å². The Bertz CT molecular complexity index is 791. The van der Waals surface area contributed by atoms with Gasteiger partial charge in [0.25, 0.3) is 10.0 Å². The number of hydrogen-bond donors (Lipinski definition) is 2. The molecule has 2 N–H and O–H groups in total. The average Bonchev–Trinajstić information content (AvgIpc) is 2.71. The monoisotopic (exact) mass is 352 g/mol. The predicted octanol–water partition coefficient (Wildman–Crippen LogP) is 2.91. The van der Waals surface area contributed by atoms with E-state index < -0.39 is 10.0 Å². The van der Waals surface area contributed by atoms with E-state index in [1.807, 2.05) is 31.2 Å². The fourth-order valence-electron chi connectivity index (χ4n) is 2.73. The first kappa shape index (κ1) is 17.8. The van der Waals surface area contributed by atoms with Crippen molar-refractivity contribution in [2.45, 2.75) is 24.7 Å². The number of anilines is 1. The average molecular weight is 353 g/mol. The van der Waals surface area contributed by atoms with Gasteiger partial charge >= 0.3 is 0 Å². The Kier molecular flexibility index (Phi) is 5.68. The predicted molar refractivity (Wildman–Crippen MR) is 96.0 cm³/mol. The van der Waals surface area contributed by atoms with Gasteiger partial charge in [0.2, 0.25) is 0 Å². The van der Waals surface area contributed by atoms with E-state index in [1.54, 1.807) is 18.2 Å². The fourth-order valence-corrected chi connectivity index (χ4v) is 3.89. The number of nitrogens with one attached hydrogen (secondary N) is 2. The number of fused-ring (bicyclic) bond motifs is 1. The van der Waals surface area contributed by atoms with Crippen LogP contribution in [0.4, 0.5) is 5.69 Å². The maximum Gasteiger partial charge on any atom is 0.261 e. The normalized spacial score (nSPS) is 14.3. The third-order valence-corrected chi connectivity index (χ3v) is 5.28. The topological polar surface area (TPSA) is 58.2 Å². The molecule has 23 heavy (non-hydrogen) atoms. The van der Waals surface area contributed by atoms with Crippen molar-refractivity contribution in [1.82, 2.24) is 5.32 Å². The first-order valence-electron chi connectivity index (χ1n) is 7.47. The van der Waals surface area contributed by atoms with E-state index in [1.165, 1.54) is 11.1 Å². The standard InChI is InChI=1S/C17H20N2O2S.ClH/c1-13-3-2-4-17(11-13)22(20,21)19-16-6-5-14-7-9-18-10-8-15(14)12-16;/h2-6,11-12,18-19H,7-10H2,1H3;1H. The molecule has 1 heterocycles. The molecule has 1 aliphatic rings. The van der Waals surface area contributed by atoms with Crippen LogP contribution in [0, 0.1) is 6.92 Å². The minimum absolute atomic E-state index is 0. The fraction of sp³-hybridized carbons (Fsp3) is 0.294. The minimum atomic E-state index is -3.54. The van der Waals surface area contributed by atoms with Crippen LogP contribution in [0.3, 0.4) is 0 Å². The summed E-state index contributed by atoms with van der Waals surface area (Å²) in [4.78, 5) is 0.295. The first-order valence-corrected chi connectivity index (χ1v) is 8.95. The van der Waals surface area contributed by atoms with Gasteiger partial charge in [-0.05, 0) is 73.8 Å². The molecule has 2 aromatic rings. The van der Waals surface area contributed by atoms with E-state index in [4.69, 9.17) is 0 Å². The Hall–Kier alpha value is -1.56. The van der Waals surface area contributed by atoms with Crippen LogP contribution in [0.25, 0.3) is 0 Å². The van der Waals surface area contributed by atoms with Crippen LogP contribution in [0.1, 0.15) is 16.7 Å². The van der Waals surface area contributed by atoms with Gasteiger partial charge in [0.15, 0.2) is 0 Å². The smallest absolute Gasteiger partial charge is 0.261 e. The number of aryl methyl sites for hydroxylation is 1. The number of halogens is 1. The van der Waals surface area contributed by atoms with Gasteiger partial charge in [0.1, 0.15) is 0 Å². The summed E-state index contributed by atoms with van der Waals surface area (Å²) in [5, 5.41) is 3.36. The molecule has 4 nitrogen and oxygen atoms in total. The molecule has 0 amide bonds. The lowest BCUT2D eigenvalue weighted by Gasteiger charge is -2.12. The van der Waals surface area contributed by atoms with Crippen molar-refractivity contribution >= 4 is 28.1 Å². The van der Waals surface area contributed by atoms with E-state index >= 15 is 0 Å². The van der Waals surface area contributed by atoms with E-state index in [0.29, 0.717) is 10.6 Å². The van der Waals surface area contributed by atoms with Crippen LogP contribution in [-0.4, -0.2) is 21.5 Å². The summed E-state index contributed by atoms with van der Waals surface area (Å²) in [6.45, 7) is 3.79. The second kappa shape index (κ2) is 7.34. The third kappa shape index (κ3) is 4.25. The van der Waals surface area contributed by atoms with Crippen LogP contribution in [0.15, 0.2) is 47.4 Å². The molecule has 0 atom stereocenters. The highest BCUT2D eigenvalue weighted by molar-refractivity contribution is 7.92. The molecule has 0 spiro atoms. The van der Waals surface area contributed by atoms with Gasteiger partial charge in [-0.15, -0.1) is 12.4 Å². The zero-order valence-electron chi connectivity index (χ0n) is 13.0. The quantitative estimate of drug-likeness (QED) is 0.893. The third-order valence-electron chi connectivity index (χ3n) is 3.90. The summed E-state index contributed by atoms with van der Waals surface area (Å²) < 4.78 is 27.6. The van der Waals surface area contributed by atoms with Gasteiger partial charge in [-0.2, -0.15) is 0 Å². The molecule has 3 rings (SSSR count). The Morgan fingerprint density at radius 3 is 2.48 bits per heavy atom. The van der Waals surface area contributed by atoms with E-state index in [0.717, 1.165) is 31.5 Å². The summed E-state index contributed by atoms with van der Waals surface area (Å²) in [6.07, 6.45) is 1.91. The molecule has 0 fully saturated rings. The van der Waals surface area contributed by atoms with E-state index in [9.17, 15) is 8.42 Å². The lowest BCUT2D eigenvalue weighted by Crippen LogP contribution is -2.16. The summed E-state index contributed by atoms with van der Waals surface area (Å²) in [5.41, 5.74) is 4.07. The first-order chi connectivity index (χ1) is 10.5. The van der Waals surface area contributed by atoms with Crippen LogP contribution >= 0.6 is 12.4 Å². The Morgan fingerprint density at radius 2 is 1.74 bits per heavy atom. The molecule has 0 saturated heterocycles. The maximum absolute atomic E-state index is 12.5. The van der Waals surface area contributed by atoms with Crippen molar-refractivity contribution in [3.05, 3.63) is 59.2 Å². The molecule has 0 unspecified atom stereocenters. The highest BCUT2D eigenvalue weighted by Crippen LogP contribution is 2.21. The Morgan fingerprint density at radius 1 is 1.00 bits per heavy atom. The lowest BCUT2D eigenvalue weighted by atomic mass is 10.0. The molecule has 0 saturated carbocycles. The van der Waals surface area contributed by atoms with Crippen molar-refractivity contribution in [3.63, 3.8) is 0 Å². The summed E-state index contributed by atoms with van der Waals surface area (Å²) in [7, 11) is -3.54. The maximum atomic E-state index is 12.5. The van der Waals surface area contributed by atoms with Gasteiger partial charge in [0, 0.05) is 5.69 Å². The second-order valence-corrected chi connectivity index (χ2v) is 7.34. The van der Waals surface area contributed by atoms with Crippen LogP contribution in [-0.2, 0) is 22.9 Å². The SMILES string of the molecule is Cc1cccc(S(=O)(=O)Nc2ccc3c(c2)CCNCC3)c1.Cl. The lowest BCUT2D eigenvalue weighted by molar-refractivity contribution is 0.601. The van der Waals surface area contributed by atoms with E-state index in [-0.39, 0.29) is 12.4 Å². The van der Waals surface area contributed by atoms with Crippen molar-refractivity contribution < 1.29 is 8.42 Å². The van der Waals surface area contributed by atoms with Crippen LogP contribution < -0.4 is 10.0 Å². The zero-order valence-corrected chi connectivity index (χ0v) is 14.6.